The van der Waals surface area contributed by atoms with Gasteiger partial charge >= 0.3 is 0 Å². The maximum Gasteiger partial charge on any atom is 0.249 e. The summed E-state index contributed by atoms with van der Waals surface area (Å²) in [7, 11) is 0. The Labute approximate surface area is 234 Å². The summed E-state index contributed by atoms with van der Waals surface area (Å²) in [6.07, 6.45) is 8.48. The fourth-order valence-corrected chi connectivity index (χ4v) is 7.07. The lowest BCUT2D eigenvalue weighted by Gasteiger charge is -2.38. The molecule has 5 atom stereocenters. The molecule has 1 spiro atoms. The van der Waals surface area contributed by atoms with Crippen molar-refractivity contribution in [2.75, 3.05) is 31.1 Å². The molecule has 0 radical (unpaired) electrons. The number of fused-ring (bicyclic) bond motifs is 2. The molecule has 1 unspecified atom stereocenters. The van der Waals surface area contributed by atoms with E-state index in [4.69, 9.17) is 4.74 Å². The van der Waals surface area contributed by atoms with E-state index < -0.39 is 29.1 Å². The van der Waals surface area contributed by atoms with Gasteiger partial charge in [-0.2, -0.15) is 0 Å². The number of nitrogens with zero attached hydrogens (tertiary/aromatic N) is 3. The summed E-state index contributed by atoms with van der Waals surface area (Å²) in [6, 6.07) is 18.3. The Morgan fingerprint density at radius 1 is 0.875 bits per heavy atom. The zero-order chi connectivity index (χ0) is 27.9. The number of amides is 3. The van der Waals surface area contributed by atoms with Gasteiger partial charge in [-0.05, 0) is 30.5 Å². The van der Waals surface area contributed by atoms with E-state index in [2.05, 4.69) is 0 Å². The van der Waals surface area contributed by atoms with Gasteiger partial charge in [0.05, 0.1) is 17.4 Å². The van der Waals surface area contributed by atoms with Crippen molar-refractivity contribution in [3.8, 4) is 0 Å². The molecule has 8 heteroatoms. The lowest BCUT2D eigenvalue weighted by atomic mass is 9.73. The Morgan fingerprint density at radius 2 is 1.57 bits per heavy atom. The minimum Gasteiger partial charge on any atom is -0.396 e. The molecular weight excluding hydrogens is 506 g/mol. The third-order valence-corrected chi connectivity index (χ3v) is 8.86. The summed E-state index contributed by atoms with van der Waals surface area (Å²) >= 11 is 0. The molecule has 3 amide bonds. The molecule has 208 valence electrons. The van der Waals surface area contributed by atoms with Crippen LogP contribution in [0, 0.1) is 11.8 Å². The topological polar surface area (TPSA) is 90.4 Å². The third kappa shape index (κ3) is 4.00. The van der Waals surface area contributed by atoms with Gasteiger partial charge in [0.2, 0.25) is 17.7 Å². The lowest BCUT2D eigenvalue weighted by Crippen LogP contribution is -2.56. The normalized spacial score (nSPS) is 31.2. The highest BCUT2D eigenvalue weighted by molar-refractivity contribution is 6.04. The van der Waals surface area contributed by atoms with Crippen LogP contribution in [0.25, 0.3) is 0 Å². The summed E-state index contributed by atoms with van der Waals surface area (Å²) in [5.41, 5.74) is -0.579. The van der Waals surface area contributed by atoms with Crippen molar-refractivity contribution in [2.45, 2.75) is 43.6 Å². The summed E-state index contributed by atoms with van der Waals surface area (Å²) < 4.78 is 6.99. The predicted octanol–water partition coefficient (Wildman–Crippen LogP) is 2.93. The van der Waals surface area contributed by atoms with Crippen molar-refractivity contribution in [1.29, 1.82) is 0 Å². The molecule has 0 aliphatic carbocycles. The minimum absolute atomic E-state index is 0.113. The molecule has 2 aromatic rings. The summed E-state index contributed by atoms with van der Waals surface area (Å²) in [4.78, 5) is 48.2. The third-order valence-electron chi connectivity index (χ3n) is 8.86. The highest BCUT2D eigenvalue weighted by atomic mass is 16.5. The molecule has 2 fully saturated rings. The Hall–Kier alpha value is -3.75. The average molecular weight is 542 g/mol. The van der Waals surface area contributed by atoms with Gasteiger partial charge in [-0.3, -0.25) is 14.4 Å². The molecule has 2 aromatic carbocycles. The van der Waals surface area contributed by atoms with E-state index in [0.29, 0.717) is 32.5 Å². The molecule has 6 rings (SSSR count). The standard InChI is InChI=1S/C32H35N3O5/c1-2-31-16-9-19-34(24-14-7-4-8-15-24)28(37)25(31)26-29(38)35(20-11-21-36)27-30(39)33(18-10-17-32(26,27)40-31)22-23-12-5-3-6-13-23/h3-10,12-17,25-27,36H,2,11,18-22H2,1H3/t25-,26+,27?,31+,32+/m1/s1. The second-order valence-corrected chi connectivity index (χ2v) is 11.0. The number of likely N-dealkylation sites (tertiary alicyclic amines) is 1. The van der Waals surface area contributed by atoms with Crippen LogP contribution in [0.4, 0.5) is 5.69 Å². The Balaban J connectivity index is 1.45. The van der Waals surface area contributed by atoms with Crippen LogP contribution in [0.5, 0.6) is 0 Å². The lowest BCUT2D eigenvalue weighted by molar-refractivity contribution is -0.152. The molecule has 0 aromatic heterocycles. The highest BCUT2D eigenvalue weighted by Gasteiger charge is 2.75. The van der Waals surface area contributed by atoms with Crippen LogP contribution < -0.4 is 4.90 Å². The number of aliphatic hydroxyl groups is 1. The van der Waals surface area contributed by atoms with Gasteiger partial charge in [-0.1, -0.05) is 79.8 Å². The SMILES string of the molecule is CC[C@]12C=CCN(c3ccccc3)C(=O)[C@H]1[C@H]1C(=O)N(CCCO)C3C(=O)N(Cc4ccccc4)CC=C[C@@]31O2. The van der Waals surface area contributed by atoms with Gasteiger partial charge in [-0.25, -0.2) is 0 Å². The second kappa shape index (κ2) is 10.3. The van der Waals surface area contributed by atoms with Gasteiger partial charge in [-0.15, -0.1) is 0 Å². The predicted molar refractivity (Wildman–Crippen MR) is 150 cm³/mol. The van der Waals surface area contributed by atoms with Crippen LogP contribution in [0.15, 0.2) is 85.0 Å². The number of rotatable bonds is 7. The number of benzene rings is 2. The molecule has 0 bridgehead atoms. The number of anilines is 1. The zero-order valence-corrected chi connectivity index (χ0v) is 22.7. The number of hydrogen-bond acceptors (Lipinski definition) is 5. The highest BCUT2D eigenvalue weighted by Crippen LogP contribution is 2.58. The van der Waals surface area contributed by atoms with Gasteiger partial charge in [0.15, 0.2) is 0 Å². The summed E-state index contributed by atoms with van der Waals surface area (Å²) in [6.45, 7) is 3.19. The Bertz CT molecular complexity index is 1340. The monoisotopic (exact) mass is 541 g/mol. The summed E-state index contributed by atoms with van der Waals surface area (Å²) in [5.74, 6) is -2.32. The molecule has 8 nitrogen and oxygen atoms in total. The van der Waals surface area contributed by atoms with E-state index >= 15 is 0 Å². The van der Waals surface area contributed by atoms with Crippen LogP contribution in [-0.4, -0.2) is 76.1 Å². The van der Waals surface area contributed by atoms with E-state index in [1.165, 1.54) is 0 Å². The molecular formula is C32H35N3O5. The molecule has 4 aliphatic heterocycles. The van der Waals surface area contributed by atoms with Gasteiger partial charge in [0.1, 0.15) is 11.6 Å². The van der Waals surface area contributed by atoms with Crippen LogP contribution >= 0.6 is 0 Å². The van der Waals surface area contributed by atoms with E-state index in [1.54, 1.807) is 14.7 Å². The van der Waals surface area contributed by atoms with Crippen LogP contribution in [-0.2, 0) is 25.7 Å². The Morgan fingerprint density at radius 3 is 2.27 bits per heavy atom. The molecule has 2 saturated heterocycles. The number of hydrogen-bond donors (Lipinski definition) is 1. The van der Waals surface area contributed by atoms with Crippen LogP contribution in [0.3, 0.4) is 0 Å². The van der Waals surface area contributed by atoms with Gasteiger partial charge in [0.25, 0.3) is 0 Å². The largest absolute Gasteiger partial charge is 0.396 e. The Kier molecular flexibility index (Phi) is 6.84. The number of para-hydroxylation sites is 1. The number of aliphatic hydroxyl groups excluding tert-OH is 1. The average Bonchev–Trinajstić information content (AvgIpc) is 3.27. The second-order valence-electron chi connectivity index (χ2n) is 11.0. The van der Waals surface area contributed by atoms with Crippen molar-refractivity contribution < 1.29 is 24.2 Å². The number of carbonyl (C=O) groups excluding carboxylic acids is 3. The maximum absolute atomic E-state index is 14.4. The molecule has 0 saturated carbocycles. The first kappa shape index (κ1) is 26.5. The maximum atomic E-state index is 14.4. The first-order valence-electron chi connectivity index (χ1n) is 14.1. The van der Waals surface area contributed by atoms with Crippen LogP contribution in [0.2, 0.25) is 0 Å². The number of ether oxygens (including phenoxy) is 1. The van der Waals surface area contributed by atoms with Crippen molar-refractivity contribution in [1.82, 2.24) is 9.80 Å². The van der Waals surface area contributed by atoms with E-state index in [1.807, 2.05) is 91.9 Å². The summed E-state index contributed by atoms with van der Waals surface area (Å²) in [5, 5.41) is 9.64. The smallest absolute Gasteiger partial charge is 0.249 e. The molecule has 4 heterocycles. The van der Waals surface area contributed by atoms with E-state index in [9.17, 15) is 19.5 Å². The fourth-order valence-electron chi connectivity index (χ4n) is 7.07. The van der Waals surface area contributed by atoms with Gasteiger partial charge < -0.3 is 24.5 Å². The van der Waals surface area contributed by atoms with E-state index in [0.717, 1.165) is 11.3 Å². The van der Waals surface area contributed by atoms with E-state index in [-0.39, 0.29) is 30.9 Å². The molecule has 4 aliphatic rings. The molecule has 1 N–H and O–H groups in total. The zero-order valence-electron chi connectivity index (χ0n) is 22.7. The van der Waals surface area contributed by atoms with Gasteiger partial charge in [0, 0.05) is 38.5 Å². The fraction of sp³-hybridized carbons (Fsp3) is 0.406. The minimum atomic E-state index is -1.30. The first-order valence-corrected chi connectivity index (χ1v) is 14.1. The van der Waals surface area contributed by atoms with Crippen molar-refractivity contribution in [2.24, 2.45) is 11.8 Å². The quantitative estimate of drug-likeness (QED) is 0.545. The first-order chi connectivity index (χ1) is 19.5. The molecule has 40 heavy (non-hydrogen) atoms. The van der Waals surface area contributed by atoms with Crippen LogP contribution in [0.1, 0.15) is 25.3 Å². The number of carbonyl (C=O) groups is 3. The van der Waals surface area contributed by atoms with Crippen molar-refractivity contribution in [3.05, 3.63) is 90.5 Å². The van der Waals surface area contributed by atoms with Crippen molar-refractivity contribution in [3.63, 3.8) is 0 Å². The van der Waals surface area contributed by atoms with Crippen molar-refractivity contribution >= 4 is 23.4 Å².